The number of benzene rings is 2. The number of pyridine rings is 1. The highest BCUT2D eigenvalue weighted by Crippen LogP contribution is 2.25. The number of carbonyl (C=O) groups excluding carboxylic acids is 1. The molecule has 0 aliphatic rings. The zero-order chi connectivity index (χ0) is 18.7. The summed E-state index contributed by atoms with van der Waals surface area (Å²) < 4.78 is 39.7. The van der Waals surface area contributed by atoms with Crippen molar-refractivity contribution in [2.24, 2.45) is 0 Å². The molecule has 0 aliphatic heterocycles. The summed E-state index contributed by atoms with van der Waals surface area (Å²) in [7, 11) is 0. The van der Waals surface area contributed by atoms with Crippen LogP contribution >= 0.6 is 11.6 Å². The number of para-hydroxylation sites is 1. The molecular weight excluding hydrogens is 367 g/mol. The molecule has 4 nitrogen and oxygen atoms in total. The van der Waals surface area contributed by atoms with Gasteiger partial charge in [-0.05, 0) is 36.4 Å². The van der Waals surface area contributed by atoms with E-state index < -0.39 is 29.0 Å². The van der Waals surface area contributed by atoms with Crippen molar-refractivity contribution in [2.45, 2.75) is 0 Å². The molecule has 0 saturated heterocycles. The maximum absolute atomic E-state index is 13.6. The van der Waals surface area contributed by atoms with Crippen molar-refractivity contribution in [1.82, 2.24) is 4.98 Å². The minimum atomic E-state index is -1.66. The van der Waals surface area contributed by atoms with Crippen LogP contribution in [0, 0.1) is 17.5 Å². The average molecular weight is 378 g/mol. The Balaban J connectivity index is 1.73. The van der Waals surface area contributed by atoms with Crippen LogP contribution in [0.25, 0.3) is 0 Å². The van der Waals surface area contributed by atoms with Gasteiger partial charge in [-0.15, -0.1) is 0 Å². The van der Waals surface area contributed by atoms with Crippen LogP contribution in [0.1, 0.15) is 10.5 Å². The van der Waals surface area contributed by atoms with Crippen LogP contribution in [0.3, 0.4) is 0 Å². The first kappa shape index (κ1) is 17.8. The van der Waals surface area contributed by atoms with E-state index in [9.17, 15) is 18.0 Å². The normalized spacial score (nSPS) is 10.5. The van der Waals surface area contributed by atoms with E-state index in [1.807, 2.05) is 0 Å². The van der Waals surface area contributed by atoms with Gasteiger partial charge in [-0.25, -0.2) is 18.2 Å². The zero-order valence-electron chi connectivity index (χ0n) is 13.1. The summed E-state index contributed by atoms with van der Waals surface area (Å²) in [6.45, 7) is 0. The van der Waals surface area contributed by atoms with Gasteiger partial charge in [0.05, 0.1) is 28.3 Å². The predicted octanol–water partition coefficient (Wildman–Crippen LogP) is 5.15. The largest absolute Gasteiger partial charge is 0.353 e. The molecule has 8 heteroatoms. The molecule has 1 aromatic heterocycles. The lowest BCUT2D eigenvalue weighted by atomic mass is 10.2. The molecular formula is C18H11ClF3N3O. The van der Waals surface area contributed by atoms with Gasteiger partial charge in [0.1, 0.15) is 5.69 Å². The number of aromatic nitrogens is 1. The molecule has 0 aliphatic carbocycles. The minimum Gasteiger partial charge on any atom is -0.353 e. The van der Waals surface area contributed by atoms with E-state index in [1.54, 1.807) is 30.3 Å². The second kappa shape index (κ2) is 7.45. The first-order valence-corrected chi connectivity index (χ1v) is 7.76. The topological polar surface area (TPSA) is 54.0 Å². The Morgan fingerprint density at radius 3 is 2.38 bits per heavy atom. The number of hydrogen-bond acceptors (Lipinski definition) is 3. The molecule has 1 amide bonds. The smallest absolute Gasteiger partial charge is 0.274 e. The molecule has 3 aromatic rings. The van der Waals surface area contributed by atoms with E-state index >= 15 is 0 Å². The summed E-state index contributed by atoms with van der Waals surface area (Å²) in [5, 5.41) is 5.70. The number of carbonyl (C=O) groups is 1. The van der Waals surface area contributed by atoms with Gasteiger partial charge < -0.3 is 10.6 Å². The SMILES string of the molecule is O=C(Nc1ccc(F)c(F)c1F)c1ccc(Nc2ccccc2Cl)cn1. The van der Waals surface area contributed by atoms with Gasteiger partial charge in [-0.3, -0.25) is 4.79 Å². The van der Waals surface area contributed by atoms with Gasteiger partial charge in [0.15, 0.2) is 17.5 Å². The number of nitrogens with zero attached hydrogens (tertiary/aromatic N) is 1. The molecule has 1 heterocycles. The molecule has 3 rings (SSSR count). The van der Waals surface area contributed by atoms with Crippen LogP contribution in [-0.4, -0.2) is 10.9 Å². The van der Waals surface area contributed by atoms with Crippen molar-refractivity contribution < 1.29 is 18.0 Å². The monoisotopic (exact) mass is 377 g/mol. The van der Waals surface area contributed by atoms with Gasteiger partial charge in [0.25, 0.3) is 5.91 Å². The highest BCUT2D eigenvalue weighted by Gasteiger charge is 2.16. The quantitative estimate of drug-likeness (QED) is 0.618. The maximum Gasteiger partial charge on any atom is 0.274 e. The number of nitrogens with one attached hydrogen (secondary N) is 2. The molecule has 0 unspecified atom stereocenters. The van der Waals surface area contributed by atoms with Crippen molar-refractivity contribution in [3.63, 3.8) is 0 Å². The molecule has 0 radical (unpaired) electrons. The molecule has 2 N–H and O–H groups in total. The number of amides is 1. The van der Waals surface area contributed by atoms with Gasteiger partial charge in [0, 0.05) is 0 Å². The number of anilines is 3. The third kappa shape index (κ3) is 3.78. The first-order valence-electron chi connectivity index (χ1n) is 7.38. The van der Waals surface area contributed by atoms with E-state index in [2.05, 4.69) is 15.6 Å². The number of halogens is 4. The van der Waals surface area contributed by atoms with E-state index in [4.69, 9.17) is 11.6 Å². The van der Waals surface area contributed by atoms with E-state index in [0.29, 0.717) is 16.4 Å². The summed E-state index contributed by atoms with van der Waals surface area (Å²) in [5.41, 5.74) is 0.735. The van der Waals surface area contributed by atoms with Crippen molar-refractivity contribution >= 4 is 34.6 Å². The first-order chi connectivity index (χ1) is 12.5. The molecule has 26 heavy (non-hydrogen) atoms. The minimum absolute atomic E-state index is 0.0289. The van der Waals surface area contributed by atoms with E-state index in [0.717, 1.165) is 12.1 Å². The Morgan fingerprint density at radius 2 is 1.69 bits per heavy atom. The van der Waals surface area contributed by atoms with Gasteiger partial charge >= 0.3 is 0 Å². The van der Waals surface area contributed by atoms with Crippen LogP contribution in [0.5, 0.6) is 0 Å². The molecule has 0 saturated carbocycles. The van der Waals surface area contributed by atoms with E-state index in [1.165, 1.54) is 12.3 Å². The lowest BCUT2D eigenvalue weighted by Gasteiger charge is -2.09. The average Bonchev–Trinajstić information content (AvgIpc) is 2.64. The van der Waals surface area contributed by atoms with E-state index in [-0.39, 0.29) is 5.69 Å². The molecule has 132 valence electrons. The van der Waals surface area contributed by atoms with Crippen molar-refractivity contribution in [3.05, 3.63) is 82.9 Å². The summed E-state index contributed by atoms with van der Waals surface area (Å²) in [6.07, 6.45) is 1.39. The van der Waals surface area contributed by atoms with Crippen LogP contribution < -0.4 is 10.6 Å². The summed E-state index contributed by atoms with van der Waals surface area (Å²) in [5.74, 6) is -5.24. The van der Waals surface area contributed by atoms with Gasteiger partial charge in [-0.2, -0.15) is 0 Å². The van der Waals surface area contributed by atoms with Crippen LogP contribution in [0.15, 0.2) is 54.7 Å². The standard InChI is InChI=1S/C18H11ClF3N3O/c19-11-3-1-2-4-13(11)24-10-5-7-15(23-9-10)18(26)25-14-8-6-12(20)16(21)17(14)22/h1-9,24H,(H,25,26). The lowest BCUT2D eigenvalue weighted by molar-refractivity contribution is 0.102. The number of rotatable bonds is 4. The Kier molecular flexibility index (Phi) is 5.09. The van der Waals surface area contributed by atoms with Crippen molar-refractivity contribution in [2.75, 3.05) is 10.6 Å². The molecule has 0 spiro atoms. The Labute approximate surface area is 151 Å². The third-order valence-electron chi connectivity index (χ3n) is 3.43. The molecule has 0 fully saturated rings. The predicted molar refractivity (Wildman–Crippen MR) is 93.2 cm³/mol. The fraction of sp³-hybridized carbons (Fsp3) is 0. The third-order valence-corrected chi connectivity index (χ3v) is 3.76. The Hall–Kier alpha value is -3.06. The fourth-order valence-electron chi connectivity index (χ4n) is 2.13. The summed E-state index contributed by atoms with van der Waals surface area (Å²) in [4.78, 5) is 16.1. The molecule has 2 aromatic carbocycles. The second-order valence-corrected chi connectivity index (χ2v) is 5.62. The Morgan fingerprint density at radius 1 is 0.923 bits per heavy atom. The zero-order valence-corrected chi connectivity index (χ0v) is 13.8. The van der Waals surface area contributed by atoms with Crippen molar-refractivity contribution in [3.8, 4) is 0 Å². The highest BCUT2D eigenvalue weighted by molar-refractivity contribution is 6.33. The van der Waals surface area contributed by atoms with Crippen LogP contribution in [-0.2, 0) is 0 Å². The van der Waals surface area contributed by atoms with Crippen LogP contribution in [0.4, 0.5) is 30.2 Å². The maximum atomic E-state index is 13.6. The number of hydrogen-bond donors (Lipinski definition) is 2. The van der Waals surface area contributed by atoms with Crippen LogP contribution in [0.2, 0.25) is 5.02 Å². The molecule has 0 bridgehead atoms. The Bertz CT molecular complexity index is 964. The van der Waals surface area contributed by atoms with Gasteiger partial charge in [0.2, 0.25) is 0 Å². The summed E-state index contributed by atoms with van der Waals surface area (Å²) >= 11 is 6.04. The van der Waals surface area contributed by atoms with Gasteiger partial charge in [-0.1, -0.05) is 23.7 Å². The van der Waals surface area contributed by atoms with Crippen molar-refractivity contribution in [1.29, 1.82) is 0 Å². The lowest BCUT2D eigenvalue weighted by Crippen LogP contribution is -2.15. The fourth-order valence-corrected chi connectivity index (χ4v) is 2.31. The molecule has 0 atom stereocenters. The second-order valence-electron chi connectivity index (χ2n) is 5.21. The highest BCUT2D eigenvalue weighted by atomic mass is 35.5. The summed E-state index contributed by atoms with van der Waals surface area (Å²) in [6, 6.07) is 11.7.